The van der Waals surface area contributed by atoms with E-state index >= 15 is 0 Å². The van der Waals surface area contributed by atoms with Gasteiger partial charge < -0.3 is 15.0 Å². The summed E-state index contributed by atoms with van der Waals surface area (Å²) < 4.78 is 28.4. The predicted octanol–water partition coefficient (Wildman–Crippen LogP) is 2.39. The molecule has 0 aliphatic carbocycles. The minimum Gasteiger partial charge on any atom is -0.492 e. The lowest BCUT2D eigenvalue weighted by molar-refractivity contribution is 0.319. The Morgan fingerprint density at radius 2 is 1.92 bits per heavy atom. The van der Waals surface area contributed by atoms with Gasteiger partial charge in [0.05, 0.1) is 11.4 Å². The third-order valence-electron chi connectivity index (χ3n) is 3.33. The summed E-state index contributed by atoms with van der Waals surface area (Å²) in [5.74, 6) is 1.49. The summed E-state index contributed by atoms with van der Waals surface area (Å²) in [6.45, 7) is 4.22. The van der Waals surface area contributed by atoms with Crippen molar-refractivity contribution in [1.29, 1.82) is 0 Å². The normalized spacial score (nSPS) is 11.6. The third kappa shape index (κ3) is 8.18. The number of guanidine groups is 1. The molecule has 24 heavy (non-hydrogen) atoms. The summed E-state index contributed by atoms with van der Waals surface area (Å²) in [5, 5.41) is 3.24. The van der Waals surface area contributed by atoms with Crippen molar-refractivity contribution in [3.05, 3.63) is 24.3 Å². The maximum absolute atomic E-state index is 11.4. The fourth-order valence-electron chi connectivity index (χ4n) is 2.00. The predicted molar refractivity (Wildman–Crippen MR) is 109 cm³/mol. The summed E-state index contributed by atoms with van der Waals surface area (Å²) in [7, 11) is 0.603. The van der Waals surface area contributed by atoms with Gasteiger partial charge in [-0.25, -0.2) is 8.42 Å². The Hall–Kier alpha value is -1.03. The van der Waals surface area contributed by atoms with Crippen LogP contribution in [0.25, 0.3) is 0 Å². The monoisotopic (exact) mass is 469 g/mol. The van der Waals surface area contributed by atoms with Crippen molar-refractivity contribution in [3.8, 4) is 5.75 Å². The van der Waals surface area contributed by atoms with Crippen molar-refractivity contribution < 1.29 is 13.2 Å². The highest BCUT2D eigenvalue weighted by atomic mass is 127. The summed E-state index contributed by atoms with van der Waals surface area (Å²) in [5.41, 5.74) is 0. The standard InChI is InChI=1S/C16H27N3O3S.HI/c1-5-6-12-19(3)16(17-2)18-11-13-22-14-7-9-15(10-8-14)23(4,20)21;/h7-10H,5-6,11-13H2,1-4H3,(H,17,18);1H. The number of unbranched alkanes of at least 4 members (excludes halogenated alkanes) is 1. The van der Waals surface area contributed by atoms with E-state index in [1.807, 2.05) is 7.05 Å². The zero-order chi connectivity index (χ0) is 17.3. The second-order valence-electron chi connectivity index (χ2n) is 5.34. The molecule has 0 fully saturated rings. The van der Waals surface area contributed by atoms with Crippen molar-refractivity contribution in [2.75, 3.05) is 40.0 Å². The van der Waals surface area contributed by atoms with Gasteiger partial charge >= 0.3 is 0 Å². The molecule has 0 spiro atoms. The van der Waals surface area contributed by atoms with Gasteiger partial charge in [0.25, 0.3) is 0 Å². The van der Waals surface area contributed by atoms with Crippen LogP contribution >= 0.6 is 24.0 Å². The molecule has 0 unspecified atom stereocenters. The number of aliphatic imine (C=N–C) groups is 1. The number of nitrogens with zero attached hydrogens (tertiary/aromatic N) is 2. The van der Waals surface area contributed by atoms with Crippen molar-refractivity contribution in [2.45, 2.75) is 24.7 Å². The van der Waals surface area contributed by atoms with E-state index in [1.165, 1.54) is 6.26 Å². The first-order chi connectivity index (χ1) is 10.9. The molecule has 0 aliphatic heterocycles. The number of benzene rings is 1. The van der Waals surface area contributed by atoms with Gasteiger partial charge in [0, 0.05) is 26.9 Å². The van der Waals surface area contributed by atoms with Gasteiger partial charge in [0.1, 0.15) is 12.4 Å². The molecule has 0 amide bonds. The Balaban J connectivity index is 0.00000529. The molecule has 1 N–H and O–H groups in total. The Morgan fingerprint density at radius 1 is 1.29 bits per heavy atom. The molecule has 0 saturated carbocycles. The Labute approximate surface area is 162 Å². The van der Waals surface area contributed by atoms with Gasteiger partial charge in [0.2, 0.25) is 0 Å². The molecule has 1 aromatic carbocycles. The minimum absolute atomic E-state index is 0. The molecule has 0 bridgehead atoms. The van der Waals surface area contributed by atoms with Crippen LogP contribution in [0.4, 0.5) is 0 Å². The van der Waals surface area contributed by atoms with E-state index in [0.29, 0.717) is 23.8 Å². The van der Waals surface area contributed by atoms with Crippen molar-refractivity contribution >= 4 is 39.8 Å². The maximum atomic E-state index is 11.4. The fraction of sp³-hybridized carbons (Fsp3) is 0.562. The summed E-state index contributed by atoms with van der Waals surface area (Å²) in [6.07, 6.45) is 3.46. The van der Waals surface area contributed by atoms with Crippen molar-refractivity contribution in [2.24, 2.45) is 4.99 Å². The number of rotatable bonds is 8. The molecule has 1 aromatic rings. The molecule has 0 heterocycles. The lowest BCUT2D eigenvalue weighted by Crippen LogP contribution is -2.41. The zero-order valence-corrected chi connectivity index (χ0v) is 17.9. The van der Waals surface area contributed by atoms with Crippen LogP contribution in [-0.4, -0.2) is 59.3 Å². The molecule has 0 atom stereocenters. The Morgan fingerprint density at radius 3 is 2.42 bits per heavy atom. The third-order valence-corrected chi connectivity index (χ3v) is 4.45. The highest BCUT2D eigenvalue weighted by Crippen LogP contribution is 2.15. The van der Waals surface area contributed by atoms with Gasteiger partial charge in [-0.2, -0.15) is 0 Å². The molecule has 6 nitrogen and oxygen atoms in total. The van der Waals surface area contributed by atoms with E-state index < -0.39 is 9.84 Å². The number of hydrogen-bond acceptors (Lipinski definition) is 4. The number of ether oxygens (including phenoxy) is 1. The van der Waals surface area contributed by atoms with Gasteiger partial charge in [-0.1, -0.05) is 13.3 Å². The van der Waals surface area contributed by atoms with Crippen LogP contribution < -0.4 is 10.1 Å². The zero-order valence-electron chi connectivity index (χ0n) is 14.8. The minimum atomic E-state index is -3.17. The van der Waals surface area contributed by atoms with E-state index in [2.05, 4.69) is 22.1 Å². The van der Waals surface area contributed by atoms with Crippen LogP contribution in [0.2, 0.25) is 0 Å². The van der Waals surface area contributed by atoms with E-state index in [0.717, 1.165) is 25.3 Å². The molecule has 0 radical (unpaired) electrons. The van der Waals surface area contributed by atoms with Gasteiger partial charge in [-0.15, -0.1) is 24.0 Å². The SMILES string of the molecule is CCCCN(C)C(=NC)NCCOc1ccc(S(C)(=O)=O)cc1.I. The van der Waals surface area contributed by atoms with E-state index in [9.17, 15) is 8.42 Å². The summed E-state index contributed by atoms with van der Waals surface area (Å²) in [4.78, 5) is 6.61. The maximum Gasteiger partial charge on any atom is 0.193 e. The topological polar surface area (TPSA) is 71.0 Å². The second kappa shape index (κ2) is 11.5. The average molecular weight is 469 g/mol. The van der Waals surface area contributed by atoms with Crippen LogP contribution in [0.15, 0.2) is 34.2 Å². The van der Waals surface area contributed by atoms with Crippen LogP contribution in [0, 0.1) is 0 Å². The molecule has 138 valence electrons. The van der Waals surface area contributed by atoms with E-state index in [4.69, 9.17) is 4.74 Å². The fourth-order valence-corrected chi connectivity index (χ4v) is 2.63. The Kier molecular flexibility index (Phi) is 11.0. The lowest BCUT2D eigenvalue weighted by Gasteiger charge is -2.21. The molecule has 8 heteroatoms. The molecule has 0 aromatic heterocycles. The van der Waals surface area contributed by atoms with Gasteiger partial charge in [0.15, 0.2) is 15.8 Å². The van der Waals surface area contributed by atoms with E-state index in [-0.39, 0.29) is 24.0 Å². The van der Waals surface area contributed by atoms with E-state index in [1.54, 1.807) is 31.3 Å². The first-order valence-corrected chi connectivity index (χ1v) is 9.62. The number of hydrogen-bond donors (Lipinski definition) is 1. The molecule has 0 saturated heterocycles. The van der Waals surface area contributed by atoms with Crippen molar-refractivity contribution in [1.82, 2.24) is 10.2 Å². The second-order valence-corrected chi connectivity index (χ2v) is 7.36. The molecule has 0 aliphatic rings. The molecular formula is C16H28IN3O3S. The summed E-state index contributed by atoms with van der Waals surface area (Å²) in [6, 6.07) is 6.43. The largest absolute Gasteiger partial charge is 0.492 e. The first-order valence-electron chi connectivity index (χ1n) is 7.73. The molecular weight excluding hydrogens is 441 g/mol. The number of nitrogens with one attached hydrogen (secondary N) is 1. The lowest BCUT2D eigenvalue weighted by atomic mass is 10.3. The van der Waals surface area contributed by atoms with Crippen LogP contribution in [0.1, 0.15) is 19.8 Å². The average Bonchev–Trinajstić information content (AvgIpc) is 2.52. The molecule has 1 rings (SSSR count). The first kappa shape index (κ1) is 23.0. The highest BCUT2D eigenvalue weighted by molar-refractivity contribution is 14.0. The number of halogens is 1. The van der Waals surface area contributed by atoms with Crippen LogP contribution in [-0.2, 0) is 9.84 Å². The highest BCUT2D eigenvalue weighted by Gasteiger charge is 2.07. The number of sulfone groups is 1. The van der Waals surface area contributed by atoms with Gasteiger partial charge in [-0.3, -0.25) is 4.99 Å². The quantitative estimate of drug-likeness (QED) is 0.274. The smallest absolute Gasteiger partial charge is 0.193 e. The van der Waals surface area contributed by atoms with Crippen LogP contribution in [0.3, 0.4) is 0 Å². The van der Waals surface area contributed by atoms with Gasteiger partial charge in [-0.05, 0) is 30.7 Å². The summed E-state index contributed by atoms with van der Waals surface area (Å²) >= 11 is 0. The van der Waals surface area contributed by atoms with Crippen LogP contribution in [0.5, 0.6) is 5.75 Å². The van der Waals surface area contributed by atoms with Crippen molar-refractivity contribution in [3.63, 3.8) is 0 Å². The Bertz CT molecular complexity index is 603.